The van der Waals surface area contributed by atoms with Gasteiger partial charge in [-0.1, -0.05) is 24.8 Å². The number of hydrogen-bond acceptors (Lipinski definition) is 4. The van der Waals surface area contributed by atoms with Crippen molar-refractivity contribution in [3.8, 4) is 22.6 Å². The van der Waals surface area contributed by atoms with Gasteiger partial charge in [0.2, 0.25) is 6.29 Å². The Hall–Kier alpha value is -2.66. The summed E-state index contributed by atoms with van der Waals surface area (Å²) in [5.74, 6) is -0.543. The molecule has 4 nitrogen and oxygen atoms in total. The average Bonchev–Trinajstić information content (AvgIpc) is 2.56. The van der Waals surface area contributed by atoms with E-state index in [0.717, 1.165) is 5.56 Å². The normalized spacial score (nSPS) is 12.4. The Morgan fingerprint density at radius 2 is 1.69 bits per heavy atom. The average molecular weight is 358 g/mol. The van der Waals surface area contributed by atoms with Gasteiger partial charge in [0.1, 0.15) is 5.75 Å². The molecule has 0 heterocycles. The zero-order valence-electron chi connectivity index (χ0n) is 15.4. The lowest BCUT2D eigenvalue weighted by Crippen LogP contribution is -2.25. The van der Waals surface area contributed by atoms with Crippen molar-refractivity contribution in [3.63, 3.8) is 0 Å². The van der Waals surface area contributed by atoms with Crippen LogP contribution in [0.2, 0.25) is 0 Å². The summed E-state index contributed by atoms with van der Waals surface area (Å²) < 4.78 is 24.6. The number of carbonyl (C=O) groups is 1. The number of rotatable bonds is 5. The maximum absolute atomic E-state index is 14.2. The molecule has 0 aliphatic rings. The minimum absolute atomic E-state index is 0.0556. The predicted molar refractivity (Wildman–Crippen MR) is 98.4 cm³/mol. The fourth-order valence-electron chi connectivity index (χ4n) is 1.97. The maximum Gasteiger partial charge on any atom is 0.316 e. The van der Waals surface area contributed by atoms with E-state index in [4.69, 9.17) is 9.47 Å². The third-order valence-corrected chi connectivity index (χ3v) is 3.60. The van der Waals surface area contributed by atoms with Gasteiger partial charge in [0.05, 0.1) is 5.41 Å². The second-order valence-electron chi connectivity index (χ2n) is 7.13. The van der Waals surface area contributed by atoms with Gasteiger partial charge in [-0.3, -0.25) is 4.79 Å². The summed E-state index contributed by atoms with van der Waals surface area (Å²) in [7, 11) is 0. The standard InChI is InChI=1S/C21H23FO4/c1-13(2)19(23)26-18-11-8-15(12-17(18)22)14-6-9-16(10-7-14)25-20(24)21(3,4)5/h6-12,19,23H,1H2,2-5H3. The van der Waals surface area contributed by atoms with Crippen molar-refractivity contribution in [2.75, 3.05) is 0 Å². The molecule has 0 saturated heterocycles. The smallest absolute Gasteiger partial charge is 0.316 e. The highest BCUT2D eigenvalue weighted by atomic mass is 19.1. The van der Waals surface area contributed by atoms with Crippen molar-refractivity contribution in [1.82, 2.24) is 0 Å². The highest BCUT2D eigenvalue weighted by Crippen LogP contribution is 2.28. The van der Waals surface area contributed by atoms with Crippen molar-refractivity contribution in [2.24, 2.45) is 5.41 Å². The van der Waals surface area contributed by atoms with E-state index >= 15 is 0 Å². The van der Waals surface area contributed by atoms with Gasteiger partial charge in [-0.15, -0.1) is 0 Å². The quantitative estimate of drug-likeness (QED) is 0.364. The van der Waals surface area contributed by atoms with Crippen LogP contribution < -0.4 is 9.47 Å². The monoisotopic (exact) mass is 358 g/mol. The summed E-state index contributed by atoms with van der Waals surface area (Å²) in [4.78, 5) is 11.9. The van der Waals surface area contributed by atoms with Crippen molar-refractivity contribution in [3.05, 3.63) is 60.4 Å². The number of esters is 1. The van der Waals surface area contributed by atoms with Crippen LogP contribution in [0.5, 0.6) is 11.5 Å². The van der Waals surface area contributed by atoms with Gasteiger partial charge in [-0.2, -0.15) is 0 Å². The third kappa shape index (κ3) is 4.92. The lowest BCUT2D eigenvalue weighted by atomic mass is 9.97. The van der Waals surface area contributed by atoms with Gasteiger partial charge in [0, 0.05) is 0 Å². The van der Waals surface area contributed by atoms with Crippen LogP contribution in [-0.2, 0) is 4.79 Å². The van der Waals surface area contributed by atoms with Crippen molar-refractivity contribution >= 4 is 5.97 Å². The second-order valence-corrected chi connectivity index (χ2v) is 7.13. The molecule has 2 aromatic carbocycles. The molecule has 0 amide bonds. The Morgan fingerprint density at radius 1 is 1.12 bits per heavy atom. The summed E-state index contributed by atoms with van der Waals surface area (Å²) in [5.41, 5.74) is 1.18. The van der Waals surface area contributed by atoms with Gasteiger partial charge in [0.25, 0.3) is 0 Å². The number of carbonyl (C=O) groups excluding carboxylic acids is 1. The molecule has 0 radical (unpaired) electrons. The first-order chi connectivity index (χ1) is 12.1. The van der Waals surface area contributed by atoms with Crippen LogP contribution in [0.1, 0.15) is 27.7 Å². The van der Waals surface area contributed by atoms with E-state index in [1.54, 1.807) is 58.0 Å². The van der Waals surface area contributed by atoms with Gasteiger partial charge >= 0.3 is 5.97 Å². The zero-order chi connectivity index (χ0) is 19.5. The molecule has 138 valence electrons. The predicted octanol–water partition coefficient (Wildman–Crippen LogP) is 4.72. The zero-order valence-corrected chi connectivity index (χ0v) is 15.4. The molecular weight excluding hydrogens is 335 g/mol. The number of hydrogen-bond donors (Lipinski definition) is 1. The summed E-state index contributed by atoms with van der Waals surface area (Å²) >= 11 is 0. The van der Waals surface area contributed by atoms with Crippen LogP contribution in [0.15, 0.2) is 54.6 Å². The van der Waals surface area contributed by atoms with E-state index in [1.807, 2.05) is 0 Å². The summed E-state index contributed by atoms with van der Waals surface area (Å²) in [6.45, 7) is 10.5. The van der Waals surface area contributed by atoms with Crippen LogP contribution in [0.4, 0.5) is 4.39 Å². The van der Waals surface area contributed by atoms with Crippen LogP contribution in [-0.4, -0.2) is 17.4 Å². The SMILES string of the molecule is C=C(C)C(O)Oc1ccc(-c2ccc(OC(=O)C(C)(C)C)cc2)cc1F. The van der Waals surface area contributed by atoms with Crippen LogP contribution >= 0.6 is 0 Å². The summed E-state index contributed by atoms with van der Waals surface area (Å²) in [5, 5.41) is 9.62. The Bertz CT molecular complexity index is 804. The lowest BCUT2D eigenvalue weighted by Gasteiger charge is -2.16. The minimum Gasteiger partial charge on any atom is -0.458 e. The lowest BCUT2D eigenvalue weighted by molar-refractivity contribution is -0.142. The number of ether oxygens (including phenoxy) is 2. The molecule has 2 aromatic rings. The van der Waals surface area contributed by atoms with Crippen molar-refractivity contribution < 1.29 is 23.8 Å². The topological polar surface area (TPSA) is 55.8 Å². The molecule has 0 aromatic heterocycles. The maximum atomic E-state index is 14.2. The number of halogens is 1. The molecule has 1 unspecified atom stereocenters. The minimum atomic E-state index is -1.26. The van der Waals surface area contributed by atoms with E-state index in [2.05, 4.69) is 6.58 Å². The molecule has 0 spiro atoms. The first-order valence-corrected chi connectivity index (χ1v) is 8.20. The van der Waals surface area contributed by atoms with Crippen LogP contribution in [0.3, 0.4) is 0 Å². The third-order valence-electron chi connectivity index (χ3n) is 3.60. The van der Waals surface area contributed by atoms with Gasteiger partial charge in [0.15, 0.2) is 11.6 Å². The Kier molecular flexibility index (Phi) is 5.83. The molecule has 0 aliphatic carbocycles. The fraction of sp³-hybridized carbons (Fsp3) is 0.286. The summed E-state index contributed by atoms with van der Waals surface area (Å²) in [6.07, 6.45) is -1.26. The van der Waals surface area contributed by atoms with E-state index in [-0.39, 0.29) is 11.7 Å². The molecule has 1 atom stereocenters. The highest BCUT2D eigenvalue weighted by Gasteiger charge is 2.23. The molecule has 1 N–H and O–H groups in total. The second kappa shape index (κ2) is 7.70. The molecule has 0 bridgehead atoms. The number of aliphatic hydroxyl groups excluding tert-OH is 1. The number of benzene rings is 2. The summed E-state index contributed by atoms with van der Waals surface area (Å²) in [6, 6.07) is 11.2. The molecule has 0 saturated carbocycles. The Balaban J connectivity index is 2.15. The van der Waals surface area contributed by atoms with E-state index in [1.165, 1.54) is 12.1 Å². The largest absolute Gasteiger partial charge is 0.458 e. The highest BCUT2D eigenvalue weighted by molar-refractivity contribution is 5.78. The van der Waals surface area contributed by atoms with Crippen molar-refractivity contribution in [2.45, 2.75) is 34.0 Å². The molecule has 26 heavy (non-hydrogen) atoms. The Morgan fingerprint density at radius 3 is 2.19 bits per heavy atom. The van der Waals surface area contributed by atoms with Gasteiger partial charge in [-0.25, -0.2) is 4.39 Å². The molecule has 0 aliphatic heterocycles. The molecular formula is C21H23FO4. The van der Waals surface area contributed by atoms with E-state index in [9.17, 15) is 14.3 Å². The van der Waals surface area contributed by atoms with Crippen LogP contribution in [0.25, 0.3) is 11.1 Å². The molecule has 5 heteroatoms. The van der Waals surface area contributed by atoms with Gasteiger partial charge < -0.3 is 14.6 Å². The molecule has 2 rings (SSSR count). The van der Waals surface area contributed by atoms with Crippen LogP contribution in [0, 0.1) is 11.2 Å². The first kappa shape index (κ1) is 19.7. The van der Waals surface area contributed by atoms with E-state index in [0.29, 0.717) is 16.9 Å². The first-order valence-electron chi connectivity index (χ1n) is 8.20. The van der Waals surface area contributed by atoms with Crippen molar-refractivity contribution in [1.29, 1.82) is 0 Å². The Labute approximate surface area is 152 Å². The van der Waals surface area contributed by atoms with E-state index < -0.39 is 17.5 Å². The van der Waals surface area contributed by atoms with Gasteiger partial charge in [-0.05, 0) is 68.7 Å². The number of aliphatic hydroxyl groups is 1. The molecule has 0 fully saturated rings. The fourth-order valence-corrected chi connectivity index (χ4v) is 1.97.